The highest BCUT2D eigenvalue weighted by atomic mass is 16.2. The van der Waals surface area contributed by atoms with Crippen molar-refractivity contribution in [2.24, 2.45) is 12.5 Å². The quantitative estimate of drug-likeness (QED) is 0.795. The molecular weight excluding hydrogens is 190 g/mol. The molecule has 4 heteroatoms. The number of nitriles is 1. The summed E-state index contributed by atoms with van der Waals surface area (Å²) in [6.07, 6.45) is 5.28. The van der Waals surface area contributed by atoms with Gasteiger partial charge in [-0.15, -0.1) is 0 Å². The number of carbonyl (C=O) groups is 1. The van der Waals surface area contributed by atoms with Gasteiger partial charge in [-0.3, -0.25) is 4.79 Å². The lowest BCUT2D eigenvalue weighted by molar-refractivity contribution is -0.124. The van der Waals surface area contributed by atoms with Gasteiger partial charge in [-0.25, -0.2) is 0 Å². The van der Waals surface area contributed by atoms with E-state index in [-0.39, 0.29) is 5.91 Å². The second-order valence-corrected chi connectivity index (χ2v) is 4.06. The molecule has 1 amide bonds. The fourth-order valence-corrected chi connectivity index (χ4v) is 1.53. The van der Waals surface area contributed by atoms with Gasteiger partial charge in [0.2, 0.25) is 5.91 Å². The number of aryl methyl sites for hydroxylation is 1. The maximum Gasteiger partial charge on any atom is 0.240 e. The molecule has 2 rings (SSSR count). The minimum absolute atomic E-state index is 0.131. The van der Waals surface area contributed by atoms with Gasteiger partial charge in [0.25, 0.3) is 0 Å². The Labute approximate surface area is 88.5 Å². The van der Waals surface area contributed by atoms with Gasteiger partial charge in [0, 0.05) is 26.0 Å². The van der Waals surface area contributed by atoms with Crippen LogP contribution in [0.4, 0.5) is 0 Å². The number of hydrogen-bond donors (Lipinski definition) is 1. The van der Waals surface area contributed by atoms with Gasteiger partial charge in [-0.05, 0) is 24.5 Å². The third kappa shape index (κ3) is 1.86. The minimum atomic E-state index is -0.714. The lowest BCUT2D eigenvalue weighted by atomic mass is 10.1. The first-order valence-corrected chi connectivity index (χ1v) is 4.97. The van der Waals surface area contributed by atoms with E-state index < -0.39 is 5.41 Å². The summed E-state index contributed by atoms with van der Waals surface area (Å²) in [4.78, 5) is 11.6. The average Bonchev–Trinajstić information content (AvgIpc) is 2.93. The van der Waals surface area contributed by atoms with Crippen molar-refractivity contribution in [3.05, 3.63) is 24.0 Å². The number of amides is 1. The van der Waals surface area contributed by atoms with Crippen LogP contribution in [0.15, 0.2) is 18.5 Å². The summed E-state index contributed by atoms with van der Waals surface area (Å²) in [7, 11) is 1.93. The molecule has 0 spiro atoms. The highest BCUT2D eigenvalue weighted by Gasteiger charge is 2.50. The molecular formula is C11H13N3O. The highest BCUT2D eigenvalue weighted by molar-refractivity contribution is 5.88. The fourth-order valence-electron chi connectivity index (χ4n) is 1.53. The molecule has 1 aliphatic rings. The maximum atomic E-state index is 11.6. The Balaban J connectivity index is 1.89. The fraction of sp³-hybridized carbons (Fsp3) is 0.455. The van der Waals surface area contributed by atoms with Crippen molar-refractivity contribution in [1.29, 1.82) is 5.26 Å². The number of carbonyl (C=O) groups excluding carboxylic acids is 1. The molecule has 1 heterocycles. The molecule has 15 heavy (non-hydrogen) atoms. The molecule has 1 saturated carbocycles. The summed E-state index contributed by atoms with van der Waals surface area (Å²) in [5.74, 6) is -0.131. The Morgan fingerprint density at radius 3 is 2.93 bits per heavy atom. The van der Waals surface area contributed by atoms with Gasteiger partial charge in [0.1, 0.15) is 5.41 Å². The third-order valence-electron chi connectivity index (χ3n) is 2.74. The third-order valence-corrected chi connectivity index (χ3v) is 2.74. The zero-order valence-corrected chi connectivity index (χ0v) is 8.66. The standard InChI is InChI=1S/C11H13N3O/c1-14-5-2-9(7-14)6-13-10(15)11(8-12)3-4-11/h2,5,7H,3-4,6H2,1H3,(H,13,15). The van der Waals surface area contributed by atoms with Crippen LogP contribution in [0.5, 0.6) is 0 Å². The van der Waals surface area contributed by atoms with Crippen molar-refractivity contribution < 1.29 is 4.79 Å². The summed E-state index contributed by atoms with van der Waals surface area (Å²) in [5.41, 5.74) is 0.342. The lowest BCUT2D eigenvalue weighted by Crippen LogP contribution is -2.30. The molecule has 0 saturated heterocycles. The minimum Gasteiger partial charge on any atom is -0.357 e. The summed E-state index contributed by atoms with van der Waals surface area (Å²) < 4.78 is 1.93. The number of nitrogens with one attached hydrogen (secondary N) is 1. The smallest absolute Gasteiger partial charge is 0.240 e. The van der Waals surface area contributed by atoms with E-state index in [2.05, 4.69) is 11.4 Å². The van der Waals surface area contributed by atoms with Gasteiger partial charge in [0.05, 0.1) is 6.07 Å². The predicted octanol–water partition coefficient (Wildman–Crippen LogP) is 0.945. The largest absolute Gasteiger partial charge is 0.357 e. The SMILES string of the molecule is Cn1ccc(CNC(=O)C2(C#N)CC2)c1. The van der Waals surface area contributed by atoms with Gasteiger partial charge < -0.3 is 9.88 Å². The van der Waals surface area contributed by atoms with E-state index in [1.807, 2.05) is 30.1 Å². The van der Waals surface area contributed by atoms with Crippen LogP contribution >= 0.6 is 0 Å². The predicted molar refractivity (Wildman–Crippen MR) is 54.5 cm³/mol. The van der Waals surface area contributed by atoms with Crippen molar-refractivity contribution in [2.45, 2.75) is 19.4 Å². The van der Waals surface area contributed by atoms with Crippen molar-refractivity contribution in [2.75, 3.05) is 0 Å². The number of nitrogens with zero attached hydrogens (tertiary/aromatic N) is 2. The van der Waals surface area contributed by atoms with Crippen molar-refractivity contribution in [3.8, 4) is 6.07 Å². The molecule has 0 bridgehead atoms. The summed E-state index contributed by atoms with van der Waals surface area (Å²) in [6, 6.07) is 4.03. The molecule has 0 aromatic carbocycles. The molecule has 1 aliphatic carbocycles. The van der Waals surface area contributed by atoms with Gasteiger partial charge >= 0.3 is 0 Å². The lowest BCUT2D eigenvalue weighted by Gasteiger charge is -2.06. The van der Waals surface area contributed by atoms with E-state index in [9.17, 15) is 4.79 Å². The van der Waals surface area contributed by atoms with Crippen LogP contribution in [0.3, 0.4) is 0 Å². The van der Waals surface area contributed by atoms with Crippen LogP contribution in [0.2, 0.25) is 0 Å². The van der Waals surface area contributed by atoms with Gasteiger partial charge in [0.15, 0.2) is 0 Å². The van der Waals surface area contributed by atoms with Crippen LogP contribution in [-0.2, 0) is 18.4 Å². The number of rotatable bonds is 3. The van der Waals surface area contributed by atoms with E-state index in [1.165, 1.54) is 0 Å². The van der Waals surface area contributed by atoms with Crippen LogP contribution in [0.25, 0.3) is 0 Å². The van der Waals surface area contributed by atoms with Crippen LogP contribution in [0.1, 0.15) is 18.4 Å². The Morgan fingerprint density at radius 2 is 2.47 bits per heavy atom. The molecule has 0 aliphatic heterocycles. The van der Waals surface area contributed by atoms with E-state index in [1.54, 1.807) is 0 Å². The second-order valence-electron chi connectivity index (χ2n) is 4.06. The van der Waals surface area contributed by atoms with Gasteiger partial charge in [-0.2, -0.15) is 5.26 Å². The molecule has 1 N–H and O–H groups in total. The monoisotopic (exact) mass is 203 g/mol. The first kappa shape index (κ1) is 9.78. The van der Waals surface area contributed by atoms with E-state index in [0.29, 0.717) is 19.4 Å². The summed E-state index contributed by atoms with van der Waals surface area (Å²) in [5, 5.41) is 11.6. The van der Waals surface area contributed by atoms with Crippen molar-refractivity contribution >= 4 is 5.91 Å². The van der Waals surface area contributed by atoms with Crippen molar-refractivity contribution in [1.82, 2.24) is 9.88 Å². The maximum absolute atomic E-state index is 11.6. The molecule has 0 atom stereocenters. The summed E-state index contributed by atoms with van der Waals surface area (Å²) in [6.45, 7) is 0.503. The Morgan fingerprint density at radius 1 is 1.73 bits per heavy atom. The average molecular weight is 203 g/mol. The highest BCUT2D eigenvalue weighted by Crippen LogP contribution is 2.44. The zero-order valence-electron chi connectivity index (χ0n) is 8.66. The topological polar surface area (TPSA) is 57.8 Å². The first-order chi connectivity index (χ1) is 7.16. The van der Waals surface area contributed by atoms with E-state index in [0.717, 1.165) is 5.56 Å². The molecule has 1 aromatic heterocycles. The Hall–Kier alpha value is -1.76. The first-order valence-electron chi connectivity index (χ1n) is 4.97. The molecule has 1 aromatic rings. The van der Waals surface area contributed by atoms with E-state index >= 15 is 0 Å². The zero-order chi connectivity index (χ0) is 10.9. The normalized spacial score (nSPS) is 16.8. The molecule has 4 nitrogen and oxygen atoms in total. The molecule has 78 valence electrons. The molecule has 0 unspecified atom stereocenters. The van der Waals surface area contributed by atoms with Crippen molar-refractivity contribution in [3.63, 3.8) is 0 Å². The molecule has 1 fully saturated rings. The number of hydrogen-bond acceptors (Lipinski definition) is 2. The second kappa shape index (κ2) is 3.43. The molecule has 0 radical (unpaired) electrons. The van der Waals surface area contributed by atoms with E-state index in [4.69, 9.17) is 5.26 Å². The van der Waals surface area contributed by atoms with Crippen LogP contribution in [-0.4, -0.2) is 10.5 Å². The number of aromatic nitrogens is 1. The van der Waals surface area contributed by atoms with Gasteiger partial charge in [-0.1, -0.05) is 0 Å². The van der Waals surface area contributed by atoms with Crippen LogP contribution < -0.4 is 5.32 Å². The summed E-state index contributed by atoms with van der Waals surface area (Å²) >= 11 is 0. The van der Waals surface area contributed by atoms with Crippen LogP contribution in [0, 0.1) is 16.7 Å². The Bertz CT molecular complexity index is 423. The Kier molecular flexibility index (Phi) is 2.24.